The molecule has 0 saturated heterocycles. The van der Waals surface area contributed by atoms with Gasteiger partial charge in [-0.25, -0.2) is 9.67 Å². The summed E-state index contributed by atoms with van der Waals surface area (Å²) in [6, 6.07) is 9.87. The van der Waals surface area contributed by atoms with E-state index in [-0.39, 0.29) is 0 Å². The second-order valence-corrected chi connectivity index (χ2v) is 8.08. The molecule has 1 aromatic carbocycles. The van der Waals surface area contributed by atoms with Gasteiger partial charge in [0.05, 0.1) is 5.69 Å². The highest BCUT2D eigenvalue weighted by Crippen LogP contribution is 2.58. The topological polar surface area (TPSA) is 42.7 Å². The molecule has 5 rings (SSSR count). The zero-order chi connectivity index (χ0) is 16.1. The van der Waals surface area contributed by atoms with Gasteiger partial charge in [-0.05, 0) is 74.0 Å². The Kier molecular flexibility index (Phi) is 3.47. The lowest BCUT2D eigenvalue weighted by Gasteiger charge is -2.34. The van der Waals surface area contributed by atoms with Crippen molar-refractivity contribution in [2.75, 3.05) is 0 Å². The van der Waals surface area contributed by atoms with Gasteiger partial charge in [-0.3, -0.25) is 0 Å². The third kappa shape index (κ3) is 2.31. The van der Waals surface area contributed by atoms with E-state index in [1.165, 1.54) is 37.7 Å². The second-order valence-electron chi connectivity index (χ2n) is 8.08. The van der Waals surface area contributed by atoms with E-state index >= 15 is 0 Å². The summed E-state index contributed by atoms with van der Waals surface area (Å²) in [6.07, 6.45) is 10.7. The van der Waals surface area contributed by atoms with Crippen LogP contribution in [0.5, 0.6) is 0 Å². The molecule has 2 aromatic rings. The highest BCUT2D eigenvalue weighted by molar-refractivity contribution is 5.34. The Bertz CT molecular complexity index is 693. The molecule has 1 N–H and O–H groups in total. The van der Waals surface area contributed by atoms with E-state index in [1.807, 2.05) is 0 Å². The summed E-state index contributed by atoms with van der Waals surface area (Å²) in [5.41, 5.74) is 2.43. The van der Waals surface area contributed by atoms with Gasteiger partial charge in [0.2, 0.25) is 0 Å². The van der Waals surface area contributed by atoms with Gasteiger partial charge < -0.3 is 5.32 Å². The van der Waals surface area contributed by atoms with Crippen LogP contribution in [0.25, 0.3) is 5.69 Å². The fraction of sp³-hybridized carbons (Fsp3) is 0.600. The SMILES string of the molecule is C[C@H](N[C@@H]1C[C@H]2C[C@H]1[C@@H]1CCC[C@H]21)c1ccc(-n2cncn2)cc1. The van der Waals surface area contributed by atoms with Gasteiger partial charge in [-0.15, -0.1) is 0 Å². The van der Waals surface area contributed by atoms with E-state index in [2.05, 4.69) is 46.6 Å². The summed E-state index contributed by atoms with van der Waals surface area (Å²) < 4.78 is 1.80. The van der Waals surface area contributed by atoms with E-state index in [9.17, 15) is 0 Å². The molecular formula is C20H26N4. The van der Waals surface area contributed by atoms with Crippen molar-refractivity contribution in [2.24, 2.45) is 23.7 Å². The van der Waals surface area contributed by atoms with E-state index in [0.717, 1.165) is 35.4 Å². The fourth-order valence-corrected chi connectivity index (χ4v) is 5.93. The summed E-state index contributed by atoms with van der Waals surface area (Å²) in [5.74, 6) is 4.06. The number of rotatable bonds is 4. The maximum atomic E-state index is 4.19. The van der Waals surface area contributed by atoms with Gasteiger partial charge >= 0.3 is 0 Å². The first-order valence-electron chi connectivity index (χ1n) is 9.50. The van der Waals surface area contributed by atoms with Crippen LogP contribution in [0.2, 0.25) is 0 Å². The van der Waals surface area contributed by atoms with Gasteiger partial charge in [0.1, 0.15) is 12.7 Å². The van der Waals surface area contributed by atoms with Crippen molar-refractivity contribution >= 4 is 0 Å². The van der Waals surface area contributed by atoms with E-state index < -0.39 is 0 Å². The molecule has 2 bridgehead atoms. The Morgan fingerprint density at radius 1 is 1.08 bits per heavy atom. The number of hydrogen-bond donors (Lipinski definition) is 1. The smallest absolute Gasteiger partial charge is 0.138 e. The molecule has 4 nitrogen and oxygen atoms in total. The quantitative estimate of drug-likeness (QED) is 0.932. The maximum Gasteiger partial charge on any atom is 0.138 e. The molecule has 0 radical (unpaired) electrons. The number of hydrogen-bond acceptors (Lipinski definition) is 3. The summed E-state index contributed by atoms with van der Waals surface area (Å²) in [6.45, 7) is 2.31. The van der Waals surface area contributed by atoms with Crippen LogP contribution in [0.15, 0.2) is 36.9 Å². The fourth-order valence-electron chi connectivity index (χ4n) is 5.93. The van der Waals surface area contributed by atoms with Crippen LogP contribution in [-0.4, -0.2) is 20.8 Å². The number of benzene rings is 1. The zero-order valence-electron chi connectivity index (χ0n) is 14.3. The van der Waals surface area contributed by atoms with Crippen molar-refractivity contribution in [1.29, 1.82) is 0 Å². The van der Waals surface area contributed by atoms with Crippen LogP contribution in [0, 0.1) is 23.7 Å². The highest BCUT2D eigenvalue weighted by Gasteiger charge is 2.53. The molecule has 1 aromatic heterocycles. The Hall–Kier alpha value is -1.68. The summed E-state index contributed by atoms with van der Waals surface area (Å²) >= 11 is 0. The molecule has 24 heavy (non-hydrogen) atoms. The molecule has 0 unspecified atom stereocenters. The lowest BCUT2D eigenvalue weighted by molar-refractivity contribution is 0.200. The summed E-state index contributed by atoms with van der Waals surface area (Å²) in [4.78, 5) is 4.01. The van der Waals surface area contributed by atoms with Crippen molar-refractivity contribution in [2.45, 2.75) is 51.1 Å². The first kappa shape index (κ1) is 14.6. The second kappa shape index (κ2) is 5.69. The average Bonchev–Trinajstić information content (AvgIpc) is 3.36. The van der Waals surface area contributed by atoms with Gasteiger partial charge in [0, 0.05) is 12.1 Å². The largest absolute Gasteiger partial charge is 0.307 e. The Morgan fingerprint density at radius 3 is 2.71 bits per heavy atom. The molecule has 3 fully saturated rings. The van der Waals surface area contributed by atoms with E-state index in [1.54, 1.807) is 17.3 Å². The zero-order valence-corrected chi connectivity index (χ0v) is 14.3. The normalized spacial score (nSPS) is 35.3. The third-order valence-corrected chi connectivity index (χ3v) is 6.97. The number of aromatic nitrogens is 3. The minimum Gasteiger partial charge on any atom is -0.307 e. The van der Waals surface area contributed by atoms with Gasteiger partial charge in [0.15, 0.2) is 0 Å². The minimum absolute atomic E-state index is 0.416. The monoisotopic (exact) mass is 322 g/mol. The molecule has 6 atom stereocenters. The van der Waals surface area contributed by atoms with Crippen molar-refractivity contribution < 1.29 is 0 Å². The first-order chi connectivity index (χ1) is 11.8. The minimum atomic E-state index is 0.416. The predicted octanol–water partition coefficient (Wildman–Crippen LogP) is 3.74. The number of nitrogens with zero attached hydrogens (tertiary/aromatic N) is 3. The molecule has 0 amide bonds. The highest BCUT2D eigenvalue weighted by atomic mass is 15.3. The Balaban J connectivity index is 1.27. The summed E-state index contributed by atoms with van der Waals surface area (Å²) in [7, 11) is 0. The maximum absolute atomic E-state index is 4.19. The van der Waals surface area contributed by atoms with Crippen molar-refractivity contribution in [1.82, 2.24) is 20.1 Å². The number of fused-ring (bicyclic) bond motifs is 5. The van der Waals surface area contributed by atoms with Crippen LogP contribution in [-0.2, 0) is 0 Å². The molecule has 1 heterocycles. The van der Waals surface area contributed by atoms with Crippen LogP contribution >= 0.6 is 0 Å². The van der Waals surface area contributed by atoms with Crippen LogP contribution in [0.1, 0.15) is 50.6 Å². The van der Waals surface area contributed by atoms with Gasteiger partial charge in [0.25, 0.3) is 0 Å². The molecule has 3 aliphatic rings. The first-order valence-corrected chi connectivity index (χ1v) is 9.50. The van der Waals surface area contributed by atoms with E-state index in [4.69, 9.17) is 0 Å². The van der Waals surface area contributed by atoms with Gasteiger partial charge in [-0.1, -0.05) is 18.6 Å². The molecule has 126 valence electrons. The standard InChI is InChI=1S/C20H26N4/c1-13(14-5-7-16(8-6-14)24-12-21-11-22-24)23-20-10-15-9-19(20)18-4-2-3-17(15)18/h5-8,11-13,15,17-20,23H,2-4,9-10H2,1H3/t13-,15+,17+,18+,19-,20+/m0/s1. The molecule has 0 aliphatic heterocycles. The molecular weight excluding hydrogens is 296 g/mol. The lowest BCUT2D eigenvalue weighted by Crippen LogP contribution is -2.40. The number of nitrogens with one attached hydrogen (secondary N) is 1. The molecule has 0 spiro atoms. The average molecular weight is 322 g/mol. The lowest BCUT2D eigenvalue weighted by atomic mass is 9.79. The van der Waals surface area contributed by atoms with E-state index in [0.29, 0.717) is 6.04 Å². The molecule has 3 aliphatic carbocycles. The van der Waals surface area contributed by atoms with Crippen molar-refractivity contribution in [3.05, 3.63) is 42.5 Å². The third-order valence-electron chi connectivity index (χ3n) is 6.97. The predicted molar refractivity (Wildman–Crippen MR) is 93.7 cm³/mol. The van der Waals surface area contributed by atoms with Crippen LogP contribution < -0.4 is 5.32 Å². The van der Waals surface area contributed by atoms with Crippen molar-refractivity contribution in [3.63, 3.8) is 0 Å². The molecule has 4 heteroatoms. The van der Waals surface area contributed by atoms with Gasteiger partial charge in [-0.2, -0.15) is 5.10 Å². The molecule has 3 saturated carbocycles. The Morgan fingerprint density at radius 2 is 1.92 bits per heavy atom. The summed E-state index contributed by atoms with van der Waals surface area (Å²) in [5, 5.41) is 8.15. The van der Waals surface area contributed by atoms with Crippen LogP contribution in [0.4, 0.5) is 0 Å². The van der Waals surface area contributed by atoms with Crippen molar-refractivity contribution in [3.8, 4) is 5.69 Å². The Labute approximate surface area is 143 Å². The van der Waals surface area contributed by atoms with Crippen LogP contribution in [0.3, 0.4) is 0 Å².